The van der Waals surface area contributed by atoms with Gasteiger partial charge in [0.1, 0.15) is 10.9 Å². The first kappa shape index (κ1) is 20.4. The van der Waals surface area contributed by atoms with Crippen LogP contribution in [0.3, 0.4) is 0 Å². The summed E-state index contributed by atoms with van der Waals surface area (Å²) in [7, 11) is 0. The van der Waals surface area contributed by atoms with Crippen molar-refractivity contribution in [2.45, 2.75) is 19.4 Å². The number of hydrogen-bond acceptors (Lipinski definition) is 6. The van der Waals surface area contributed by atoms with E-state index in [-0.39, 0.29) is 6.42 Å². The number of H-pyrrole nitrogens is 1. The molecule has 0 bridgehead atoms. The number of amides is 2. The van der Waals surface area contributed by atoms with Crippen molar-refractivity contribution in [2.75, 3.05) is 0 Å². The number of benzene rings is 1. The zero-order valence-corrected chi connectivity index (χ0v) is 17.4. The molecule has 0 fully saturated rings. The highest BCUT2D eigenvalue weighted by Gasteiger charge is 2.29. The number of pyridine rings is 1. The highest BCUT2D eigenvalue weighted by atomic mass is 32.1. The minimum atomic E-state index is -1.11. The predicted octanol–water partition coefficient (Wildman–Crippen LogP) is 2.39. The van der Waals surface area contributed by atoms with Gasteiger partial charge in [0.15, 0.2) is 0 Å². The molecule has 8 nitrogen and oxygen atoms in total. The molecule has 0 aliphatic rings. The van der Waals surface area contributed by atoms with Gasteiger partial charge >= 0.3 is 0 Å². The van der Waals surface area contributed by atoms with Crippen molar-refractivity contribution in [2.24, 2.45) is 5.73 Å². The second-order valence-corrected chi connectivity index (χ2v) is 7.78. The minimum Gasteiger partial charge on any atom is -0.363 e. The number of nitrogens with two attached hydrogens (primary N) is 1. The van der Waals surface area contributed by atoms with E-state index in [1.807, 2.05) is 30.3 Å². The van der Waals surface area contributed by atoms with E-state index in [9.17, 15) is 14.4 Å². The van der Waals surface area contributed by atoms with Gasteiger partial charge in [-0.25, -0.2) is 0 Å². The van der Waals surface area contributed by atoms with Gasteiger partial charge in [-0.2, -0.15) is 4.37 Å². The lowest BCUT2D eigenvalue weighted by atomic mass is 10.0. The maximum Gasteiger partial charge on any atom is 0.287 e. The van der Waals surface area contributed by atoms with Crippen LogP contribution in [0.4, 0.5) is 0 Å². The Morgan fingerprint density at radius 2 is 1.94 bits per heavy atom. The van der Waals surface area contributed by atoms with E-state index >= 15 is 0 Å². The van der Waals surface area contributed by atoms with Gasteiger partial charge in [0.2, 0.25) is 5.78 Å². The van der Waals surface area contributed by atoms with Crippen LogP contribution in [0.5, 0.6) is 0 Å². The first-order valence-corrected chi connectivity index (χ1v) is 10.3. The Kier molecular flexibility index (Phi) is 5.59. The van der Waals surface area contributed by atoms with Crippen LogP contribution in [0.15, 0.2) is 54.9 Å². The van der Waals surface area contributed by atoms with Gasteiger partial charge in [0.05, 0.1) is 11.4 Å². The molecule has 0 saturated carbocycles. The fraction of sp³-hybridized carbons (Fsp3) is 0.136. The molecule has 0 spiro atoms. The highest BCUT2D eigenvalue weighted by molar-refractivity contribution is 7.08. The molecule has 4 aromatic rings. The van der Waals surface area contributed by atoms with Crippen molar-refractivity contribution < 1.29 is 14.4 Å². The van der Waals surface area contributed by atoms with Crippen molar-refractivity contribution in [3.63, 3.8) is 0 Å². The summed E-state index contributed by atoms with van der Waals surface area (Å²) >= 11 is 1.02. The highest BCUT2D eigenvalue weighted by Crippen LogP contribution is 2.29. The van der Waals surface area contributed by atoms with Gasteiger partial charge in [0.25, 0.3) is 11.8 Å². The monoisotopic (exact) mass is 433 g/mol. The number of carbonyl (C=O) groups excluding carboxylic acids is 3. The molecule has 2 amide bonds. The maximum absolute atomic E-state index is 13.1. The largest absolute Gasteiger partial charge is 0.363 e. The molecule has 9 heteroatoms. The zero-order valence-electron chi connectivity index (χ0n) is 16.6. The van der Waals surface area contributed by atoms with Gasteiger partial charge in [-0.15, -0.1) is 0 Å². The first-order valence-electron chi connectivity index (χ1n) is 9.53. The number of aryl methyl sites for hydroxylation is 1. The number of rotatable bonds is 7. The Balaban J connectivity index is 1.65. The molecule has 4 N–H and O–H groups in total. The SMILES string of the molecule is Cc1nsc(C(=O)NC(Cc2c[nH]c3ccccc23)C(=O)C(N)=O)c1-c1ccccn1. The minimum absolute atomic E-state index is 0.119. The molecular weight excluding hydrogens is 414 g/mol. The Morgan fingerprint density at radius 3 is 2.68 bits per heavy atom. The summed E-state index contributed by atoms with van der Waals surface area (Å²) in [5, 5.41) is 3.58. The van der Waals surface area contributed by atoms with Gasteiger partial charge < -0.3 is 16.0 Å². The van der Waals surface area contributed by atoms with Crippen LogP contribution in [-0.2, 0) is 16.0 Å². The number of fused-ring (bicyclic) bond motifs is 1. The number of primary amides is 1. The third kappa shape index (κ3) is 4.08. The summed E-state index contributed by atoms with van der Waals surface area (Å²) in [5.74, 6) is -2.47. The molecule has 1 unspecified atom stereocenters. The molecule has 0 saturated heterocycles. The summed E-state index contributed by atoms with van der Waals surface area (Å²) in [6, 6.07) is 11.8. The van der Waals surface area contributed by atoms with Crippen LogP contribution < -0.4 is 11.1 Å². The number of carbonyl (C=O) groups is 3. The van der Waals surface area contributed by atoms with Crippen molar-refractivity contribution in [1.82, 2.24) is 19.7 Å². The number of ketones is 1. The molecule has 156 valence electrons. The average molecular weight is 433 g/mol. The molecule has 1 aromatic carbocycles. The number of hydrogen-bond donors (Lipinski definition) is 3. The van der Waals surface area contributed by atoms with Crippen molar-refractivity contribution >= 4 is 40.0 Å². The van der Waals surface area contributed by atoms with Crippen LogP contribution in [0.1, 0.15) is 20.9 Å². The van der Waals surface area contributed by atoms with Crippen molar-refractivity contribution in [3.8, 4) is 11.3 Å². The van der Waals surface area contributed by atoms with E-state index in [2.05, 4.69) is 19.7 Å². The number of para-hydroxylation sites is 1. The number of aromatic amines is 1. The molecule has 1 atom stereocenters. The van der Waals surface area contributed by atoms with Crippen LogP contribution in [0, 0.1) is 6.92 Å². The zero-order chi connectivity index (χ0) is 22.0. The quantitative estimate of drug-likeness (QED) is 0.385. The predicted molar refractivity (Wildman–Crippen MR) is 118 cm³/mol. The summed E-state index contributed by atoms with van der Waals surface area (Å²) in [5.41, 5.74) is 8.79. The van der Waals surface area contributed by atoms with E-state index in [0.29, 0.717) is 21.8 Å². The molecule has 0 aliphatic carbocycles. The first-order chi connectivity index (χ1) is 15.0. The Morgan fingerprint density at radius 1 is 1.16 bits per heavy atom. The Bertz CT molecular complexity index is 1280. The summed E-state index contributed by atoms with van der Waals surface area (Å²) in [6.45, 7) is 1.79. The Hall–Kier alpha value is -3.85. The second kappa shape index (κ2) is 8.49. The van der Waals surface area contributed by atoms with E-state index in [0.717, 1.165) is 28.0 Å². The van der Waals surface area contributed by atoms with E-state index in [4.69, 9.17) is 5.73 Å². The molecular formula is C22H19N5O3S. The fourth-order valence-electron chi connectivity index (χ4n) is 3.46. The topological polar surface area (TPSA) is 131 Å². The van der Waals surface area contributed by atoms with Gasteiger partial charge in [0, 0.05) is 35.3 Å². The normalized spacial score (nSPS) is 11.9. The average Bonchev–Trinajstić information content (AvgIpc) is 3.37. The standard InChI is InChI=1S/C22H19N5O3S/c1-12-18(16-8-4-5-9-24-16)20(31-27-12)22(30)26-17(19(28)21(23)29)10-13-11-25-15-7-3-2-6-14(13)15/h2-9,11,17,25H,10H2,1H3,(H2,23,29)(H,26,30). The molecule has 0 radical (unpaired) electrons. The molecule has 3 aromatic heterocycles. The van der Waals surface area contributed by atoms with Crippen molar-refractivity contribution in [3.05, 3.63) is 71.0 Å². The molecule has 0 aliphatic heterocycles. The van der Waals surface area contributed by atoms with E-state index in [1.165, 1.54) is 0 Å². The summed E-state index contributed by atoms with van der Waals surface area (Å²) < 4.78 is 4.28. The van der Waals surface area contributed by atoms with Gasteiger partial charge in [-0.3, -0.25) is 19.4 Å². The van der Waals surface area contributed by atoms with Crippen LogP contribution in [-0.4, -0.2) is 38.0 Å². The van der Waals surface area contributed by atoms with Crippen LogP contribution in [0.25, 0.3) is 22.2 Å². The molecule has 4 rings (SSSR count). The summed E-state index contributed by atoms with van der Waals surface area (Å²) in [4.78, 5) is 45.0. The maximum atomic E-state index is 13.1. The smallest absolute Gasteiger partial charge is 0.287 e. The summed E-state index contributed by atoms with van der Waals surface area (Å²) in [6.07, 6.45) is 3.51. The lowest BCUT2D eigenvalue weighted by molar-refractivity contribution is -0.137. The Labute approximate surface area is 181 Å². The fourth-order valence-corrected chi connectivity index (χ4v) is 4.27. The van der Waals surface area contributed by atoms with E-state index < -0.39 is 23.6 Å². The van der Waals surface area contributed by atoms with Crippen LogP contribution in [0.2, 0.25) is 0 Å². The van der Waals surface area contributed by atoms with E-state index in [1.54, 1.807) is 31.5 Å². The third-order valence-electron chi connectivity index (χ3n) is 4.95. The van der Waals surface area contributed by atoms with Crippen molar-refractivity contribution in [1.29, 1.82) is 0 Å². The number of Topliss-reactive ketones (excluding diaryl/α,β-unsaturated/α-hetero) is 1. The molecule has 31 heavy (non-hydrogen) atoms. The van der Waals surface area contributed by atoms with Crippen LogP contribution >= 0.6 is 11.5 Å². The molecule has 3 heterocycles. The number of nitrogens with zero attached hydrogens (tertiary/aromatic N) is 2. The van der Waals surface area contributed by atoms with Gasteiger partial charge in [-0.1, -0.05) is 24.3 Å². The lowest BCUT2D eigenvalue weighted by Gasteiger charge is -2.16. The van der Waals surface area contributed by atoms with Gasteiger partial charge in [-0.05, 0) is 42.2 Å². The second-order valence-electron chi connectivity index (χ2n) is 7.01. The lowest BCUT2D eigenvalue weighted by Crippen LogP contribution is -2.47. The number of nitrogens with one attached hydrogen (secondary N) is 2. The third-order valence-corrected chi connectivity index (χ3v) is 5.89. The number of aromatic nitrogens is 3.